The van der Waals surface area contributed by atoms with Gasteiger partial charge in [-0.1, -0.05) is 24.3 Å². The molecular weight excluding hydrogens is 212 g/mol. The first-order chi connectivity index (χ1) is 8.29. The molecule has 0 aliphatic heterocycles. The fourth-order valence-electron chi connectivity index (χ4n) is 2.62. The summed E-state index contributed by atoms with van der Waals surface area (Å²) >= 11 is 0. The van der Waals surface area contributed by atoms with Crippen LogP contribution in [0, 0.1) is 5.92 Å². The molecule has 0 unspecified atom stereocenters. The summed E-state index contributed by atoms with van der Waals surface area (Å²) in [6, 6.07) is 8.67. The van der Waals surface area contributed by atoms with Crippen molar-refractivity contribution in [3.63, 3.8) is 0 Å². The Labute approximate surface area is 103 Å². The van der Waals surface area contributed by atoms with Crippen molar-refractivity contribution in [2.24, 2.45) is 5.92 Å². The molecule has 0 radical (unpaired) electrons. The Morgan fingerprint density at radius 2 is 1.94 bits per heavy atom. The van der Waals surface area contributed by atoms with Crippen LogP contribution in [0.3, 0.4) is 0 Å². The lowest BCUT2D eigenvalue weighted by Crippen LogP contribution is -2.06. The number of hydrogen-bond acceptors (Lipinski definition) is 2. The highest BCUT2D eigenvalue weighted by atomic mass is 16.5. The van der Waals surface area contributed by atoms with E-state index in [0.29, 0.717) is 13.0 Å². The Balaban J connectivity index is 1.72. The molecule has 2 heteroatoms. The first-order valence-electron chi connectivity index (χ1n) is 6.52. The van der Waals surface area contributed by atoms with E-state index in [-0.39, 0.29) is 5.97 Å². The lowest BCUT2D eigenvalue weighted by Gasteiger charge is -2.07. The van der Waals surface area contributed by atoms with Gasteiger partial charge in [-0.2, -0.15) is 0 Å². The van der Waals surface area contributed by atoms with Crippen molar-refractivity contribution >= 4 is 5.97 Å². The maximum atomic E-state index is 11.2. The van der Waals surface area contributed by atoms with Gasteiger partial charge < -0.3 is 4.74 Å². The van der Waals surface area contributed by atoms with Gasteiger partial charge in [0.05, 0.1) is 6.61 Å². The van der Waals surface area contributed by atoms with Crippen LogP contribution >= 0.6 is 0 Å². The molecule has 1 aliphatic carbocycles. The summed E-state index contributed by atoms with van der Waals surface area (Å²) in [4.78, 5) is 11.2. The Morgan fingerprint density at radius 1 is 1.29 bits per heavy atom. The molecule has 0 N–H and O–H groups in total. The van der Waals surface area contributed by atoms with Gasteiger partial charge in [0.25, 0.3) is 0 Å². The minimum absolute atomic E-state index is 0.0528. The first kappa shape index (κ1) is 12.2. The van der Waals surface area contributed by atoms with Crippen LogP contribution in [0.2, 0.25) is 0 Å². The number of ether oxygens (including phenoxy) is 1. The van der Waals surface area contributed by atoms with Crippen LogP contribution in [0.1, 0.15) is 37.3 Å². The largest absolute Gasteiger partial charge is 0.466 e. The third kappa shape index (κ3) is 3.32. The topological polar surface area (TPSA) is 26.3 Å². The minimum Gasteiger partial charge on any atom is -0.466 e. The van der Waals surface area contributed by atoms with Crippen LogP contribution < -0.4 is 0 Å². The van der Waals surface area contributed by atoms with E-state index < -0.39 is 0 Å². The number of carbonyl (C=O) groups is 1. The van der Waals surface area contributed by atoms with E-state index >= 15 is 0 Å². The zero-order valence-electron chi connectivity index (χ0n) is 10.4. The molecule has 2 rings (SSSR count). The normalized spacial score (nSPS) is 14.6. The summed E-state index contributed by atoms with van der Waals surface area (Å²) in [6.07, 6.45) is 5.02. The summed E-state index contributed by atoms with van der Waals surface area (Å²) < 4.78 is 4.93. The number of carbonyl (C=O) groups excluding carboxylic acids is 1. The highest BCUT2D eigenvalue weighted by Gasteiger charge is 2.20. The summed E-state index contributed by atoms with van der Waals surface area (Å²) in [5.74, 6) is 0.671. The molecule has 1 aliphatic rings. The van der Waals surface area contributed by atoms with E-state index in [4.69, 9.17) is 4.74 Å². The summed E-state index contributed by atoms with van der Waals surface area (Å²) in [5.41, 5.74) is 2.99. The fraction of sp³-hybridized carbons (Fsp3) is 0.533. The van der Waals surface area contributed by atoms with Gasteiger partial charge in [-0.25, -0.2) is 0 Å². The highest BCUT2D eigenvalue weighted by Crippen LogP contribution is 2.29. The number of benzene rings is 1. The number of hydrogen-bond donors (Lipinski definition) is 0. The molecule has 0 saturated heterocycles. The molecular formula is C15H20O2. The van der Waals surface area contributed by atoms with E-state index in [2.05, 4.69) is 24.3 Å². The van der Waals surface area contributed by atoms with Crippen LogP contribution in [0.15, 0.2) is 24.3 Å². The van der Waals surface area contributed by atoms with Crippen LogP contribution in [-0.2, 0) is 22.4 Å². The lowest BCUT2D eigenvalue weighted by atomic mass is 9.99. The van der Waals surface area contributed by atoms with Crippen molar-refractivity contribution in [1.82, 2.24) is 0 Å². The van der Waals surface area contributed by atoms with Gasteiger partial charge in [0.15, 0.2) is 0 Å². The van der Waals surface area contributed by atoms with Crippen molar-refractivity contribution in [3.8, 4) is 0 Å². The minimum atomic E-state index is -0.0528. The van der Waals surface area contributed by atoms with Gasteiger partial charge in [0.2, 0.25) is 0 Å². The zero-order chi connectivity index (χ0) is 12.1. The van der Waals surface area contributed by atoms with Crippen molar-refractivity contribution < 1.29 is 9.53 Å². The van der Waals surface area contributed by atoms with E-state index in [1.54, 1.807) is 0 Å². The van der Waals surface area contributed by atoms with Gasteiger partial charge in [-0.3, -0.25) is 4.79 Å². The van der Waals surface area contributed by atoms with E-state index in [1.165, 1.54) is 24.0 Å². The first-order valence-corrected chi connectivity index (χ1v) is 6.52. The van der Waals surface area contributed by atoms with Crippen molar-refractivity contribution in [2.45, 2.75) is 39.0 Å². The van der Waals surface area contributed by atoms with Crippen LogP contribution in [0.4, 0.5) is 0 Å². The molecule has 0 heterocycles. The zero-order valence-corrected chi connectivity index (χ0v) is 10.4. The van der Waals surface area contributed by atoms with Gasteiger partial charge in [0, 0.05) is 6.42 Å². The summed E-state index contributed by atoms with van der Waals surface area (Å²) in [7, 11) is 0. The molecule has 0 atom stereocenters. The van der Waals surface area contributed by atoms with Crippen molar-refractivity contribution in [1.29, 1.82) is 0 Å². The van der Waals surface area contributed by atoms with Crippen LogP contribution in [0.5, 0.6) is 0 Å². The maximum absolute atomic E-state index is 11.2. The second-order valence-electron chi connectivity index (χ2n) is 4.74. The van der Waals surface area contributed by atoms with E-state index in [9.17, 15) is 4.79 Å². The van der Waals surface area contributed by atoms with E-state index in [1.807, 2.05) is 6.92 Å². The average molecular weight is 232 g/mol. The molecule has 0 aromatic heterocycles. The summed E-state index contributed by atoms with van der Waals surface area (Å²) in [6.45, 7) is 2.35. The molecule has 2 nitrogen and oxygen atoms in total. The number of esters is 1. The van der Waals surface area contributed by atoms with Gasteiger partial charge >= 0.3 is 5.97 Å². The molecule has 0 spiro atoms. The molecule has 0 fully saturated rings. The number of fused-ring (bicyclic) bond motifs is 1. The second kappa shape index (κ2) is 5.85. The standard InChI is InChI=1S/C15H20O2/c1-2-17-15(16)9-5-6-12-10-13-7-3-4-8-14(13)11-12/h3-4,7-8,12H,2,5-6,9-11H2,1H3. The van der Waals surface area contributed by atoms with Crippen molar-refractivity contribution in [3.05, 3.63) is 35.4 Å². The fourth-order valence-corrected chi connectivity index (χ4v) is 2.62. The van der Waals surface area contributed by atoms with Gasteiger partial charge in [-0.05, 0) is 49.7 Å². The molecule has 1 aromatic carbocycles. The highest BCUT2D eigenvalue weighted by molar-refractivity contribution is 5.69. The third-order valence-electron chi connectivity index (χ3n) is 3.43. The molecule has 0 amide bonds. The molecule has 0 saturated carbocycles. The Kier molecular flexibility index (Phi) is 4.18. The Morgan fingerprint density at radius 3 is 2.53 bits per heavy atom. The molecule has 92 valence electrons. The van der Waals surface area contributed by atoms with Gasteiger partial charge in [-0.15, -0.1) is 0 Å². The van der Waals surface area contributed by atoms with Gasteiger partial charge in [0.1, 0.15) is 0 Å². The smallest absolute Gasteiger partial charge is 0.305 e. The lowest BCUT2D eigenvalue weighted by molar-refractivity contribution is -0.143. The SMILES string of the molecule is CCOC(=O)CCCC1Cc2ccccc2C1. The van der Waals surface area contributed by atoms with Crippen LogP contribution in [0.25, 0.3) is 0 Å². The van der Waals surface area contributed by atoms with Crippen LogP contribution in [-0.4, -0.2) is 12.6 Å². The predicted octanol–water partition coefficient (Wildman–Crippen LogP) is 3.13. The predicted molar refractivity (Wildman–Crippen MR) is 67.8 cm³/mol. The average Bonchev–Trinajstić information content (AvgIpc) is 2.71. The Hall–Kier alpha value is -1.31. The maximum Gasteiger partial charge on any atom is 0.305 e. The monoisotopic (exact) mass is 232 g/mol. The number of rotatable bonds is 5. The third-order valence-corrected chi connectivity index (χ3v) is 3.43. The quantitative estimate of drug-likeness (QED) is 0.729. The Bertz CT molecular complexity index is 359. The molecule has 0 bridgehead atoms. The van der Waals surface area contributed by atoms with E-state index in [0.717, 1.165) is 18.8 Å². The van der Waals surface area contributed by atoms with Crippen molar-refractivity contribution in [2.75, 3.05) is 6.61 Å². The second-order valence-corrected chi connectivity index (χ2v) is 4.74. The summed E-state index contributed by atoms with van der Waals surface area (Å²) in [5, 5.41) is 0. The molecule has 17 heavy (non-hydrogen) atoms. The molecule has 1 aromatic rings.